The van der Waals surface area contributed by atoms with Crippen molar-refractivity contribution in [3.63, 3.8) is 0 Å². The Balaban J connectivity index is -0.0000000320. The minimum absolute atomic E-state index is 0. The van der Waals surface area contributed by atoms with Gasteiger partial charge in [0.1, 0.15) is 0 Å². The molecule has 6 heteroatoms. The Bertz CT molecular complexity index is 73.4. The van der Waals surface area contributed by atoms with Gasteiger partial charge < -0.3 is 12.3 Å². The molecule has 0 amide bonds. The second kappa shape index (κ2) is 22.6. The van der Waals surface area contributed by atoms with Crippen LogP contribution in [0, 0.1) is 0 Å². The van der Waals surface area contributed by atoms with Crippen LogP contribution < -0.4 is 12.3 Å². The van der Waals surface area contributed by atoms with Crippen LogP contribution in [0.3, 0.4) is 0 Å². The Morgan fingerprint density at radius 3 is 1.09 bits per heavy atom. The summed E-state index contributed by atoms with van der Waals surface area (Å²) in [6.07, 6.45) is 4.50. The molecule has 0 radical (unpaired) electrons. The number of hydrogen-bond acceptors (Lipinski definition) is 3. The van der Waals surface area contributed by atoms with Crippen molar-refractivity contribution in [3.8, 4) is 0 Å². The third kappa shape index (κ3) is 1230. The van der Waals surface area contributed by atoms with Gasteiger partial charge in [0.15, 0.2) is 0 Å². The minimum atomic E-state index is -2.87. The fourth-order valence-corrected chi connectivity index (χ4v) is 0. The summed E-state index contributed by atoms with van der Waals surface area (Å²) in [4.78, 5) is 14.2. The summed E-state index contributed by atoms with van der Waals surface area (Å²) >= 11 is 0. The van der Waals surface area contributed by atoms with Gasteiger partial charge >= 0.3 is 8.25 Å². The molecule has 1 saturated carbocycles. The zero-order chi connectivity index (χ0) is 7.70. The monoisotopic (exact) mass is 185 g/mol. The Morgan fingerprint density at radius 1 is 1.00 bits per heavy atom. The molecular formula is C5H18N2O3P+. The lowest BCUT2D eigenvalue weighted by molar-refractivity contribution is 0.405. The maximum absolute atomic E-state index is 8.70. The highest BCUT2D eigenvalue weighted by molar-refractivity contribution is 7.30. The molecule has 1 fully saturated rings. The lowest BCUT2D eigenvalue weighted by Crippen LogP contribution is -1.38. The molecule has 0 aromatic carbocycles. The largest absolute Gasteiger partial charge is 0.692 e. The quantitative estimate of drug-likeness (QED) is 0.338. The second-order valence-corrected chi connectivity index (χ2v) is 1.82. The summed E-state index contributed by atoms with van der Waals surface area (Å²) in [5, 5.41) is 0. The van der Waals surface area contributed by atoms with E-state index in [-0.39, 0.29) is 12.3 Å². The van der Waals surface area contributed by atoms with E-state index >= 15 is 0 Å². The van der Waals surface area contributed by atoms with Crippen molar-refractivity contribution in [2.45, 2.75) is 19.3 Å². The summed E-state index contributed by atoms with van der Waals surface area (Å²) in [6, 6.07) is 0. The molecule has 0 spiro atoms. The minimum Gasteiger partial charge on any atom is -0.344 e. The first-order valence-corrected chi connectivity index (χ1v) is 3.75. The highest BCUT2D eigenvalue weighted by Crippen LogP contribution is 2.14. The van der Waals surface area contributed by atoms with Gasteiger partial charge in [0.25, 0.3) is 0 Å². The summed E-state index contributed by atoms with van der Waals surface area (Å²) in [6.45, 7) is 6.00. The highest BCUT2D eigenvalue weighted by atomic mass is 31.1. The molecule has 0 aliphatic heterocycles. The van der Waals surface area contributed by atoms with Crippen LogP contribution in [-0.4, -0.2) is 9.79 Å². The first-order valence-electron chi connectivity index (χ1n) is 2.58. The fraction of sp³-hybridized carbons (Fsp3) is 0.600. The van der Waals surface area contributed by atoms with E-state index in [1.807, 2.05) is 0 Å². The van der Waals surface area contributed by atoms with E-state index in [0.717, 1.165) is 0 Å². The molecular weight excluding hydrogens is 167 g/mol. The van der Waals surface area contributed by atoms with E-state index in [9.17, 15) is 0 Å². The van der Waals surface area contributed by atoms with Gasteiger partial charge in [0.2, 0.25) is 0 Å². The maximum atomic E-state index is 8.70. The van der Waals surface area contributed by atoms with Gasteiger partial charge in [-0.25, -0.2) is 0 Å². The van der Waals surface area contributed by atoms with Crippen molar-refractivity contribution in [2.75, 3.05) is 0 Å². The number of rotatable bonds is 0. The molecule has 0 heterocycles. The van der Waals surface area contributed by atoms with Crippen molar-refractivity contribution in [3.05, 3.63) is 13.2 Å². The third-order valence-corrected chi connectivity index (χ3v) is 0.354. The Hall–Kier alpha value is -0.320. The zero-order valence-corrected chi connectivity index (χ0v) is 7.59. The Labute approximate surface area is 68.3 Å². The predicted octanol–water partition coefficient (Wildman–Crippen LogP) is 1.92. The van der Waals surface area contributed by atoms with Gasteiger partial charge in [-0.05, 0) is 0 Å². The van der Waals surface area contributed by atoms with Gasteiger partial charge in [-0.3, -0.25) is 0 Å². The standard InChI is InChI=1S/C3H6.C2H4.2H3N.HO3P/c1-2-3-1;1-2;;;1-4(2)3/h1-3H2;1-2H2;2*1H3;(H-,1,2,3)/p+1. The van der Waals surface area contributed by atoms with Crippen LogP contribution >= 0.6 is 8.25 Å². The van der Waals surface area contributed by atoms with Gasteiger partial charge in [0.05, 0.1) is 0 Å². The van der Waals surface area contributed by atoms with Crippen LogP contribution in [-0.2, 0) is 4.57 Å². The van der Waals surface area contributed by atoms with E-state index in [4.69, 9.17) is 14.4 Å². The third-order valence-electron chi connectivity index (χ3n) is 0.354. The molecule has 0 unspecified atom stereocenters. The van der Waals surface area contributed by atoms with Crippen LogP contribution in [0.2, 0.25) is 0 Å². The van der Waals surface area contributed by atoms with Crippen LogP contribution in [0.1, 0.15) is 19.3 Å². The van der Waals surface area contributed by atoms with E-state index in [1.165, 1.54) is 19.3 Å². The summed E-state index contributed by atoms with van der Waals surface area (Å²) in [5.41, 5.74) is 0. The van der Waals surface area contributed by atoms with Crippen molar-refractivity contribution in [1.82, 2.24) is 12.3 Å². The Morgan fingerprint density at radius 2 is 1.09 bits per heavy atom. The SMILES string of the molecule is C1CC1.C=C.N.N.O=[P+](O)O. The molecule has 1 rings (SSSR count). The van der Waals surface area contributed by atoms with Crippen molar-refractivity contribution in [1.29, 1.82) is 0 Å². The van der Waals surface area contributed by atoms with E-state index < -0.39 is 8.25 Å². The first-order chi connectivity index (χ1) is 4.23. The molecule has 70 valence electrons. The summed E-state index contributed by atoms with van der Waals surface area (Å²) in [5.74, 6) is 0. The van der Waals surface area contributed by atoms with Crippen LogP contribution in [0.15, 0.2) is 13.2 Å². The molecule has 0 saturated heterocycles. The van der Waals surface area contributed by atoms with Crippen LogP contribution in [0.4, 0.5) is 0 Å². The predicted molar refractivity (Wildman–Crippen MR) is 47.2 cm³/mol. The highest BCUT2D eigenvalue weighted by Gasteiger charge is 1.95. The van der Waals surface area contributed by atoms with E-state index in [0.29, 0.717) is 0 Å². The average Bonchev–Trinajstić information content (AvgIpc) is 2.50. The van der Waals surface area contributed by atoms with Gasteiger partial charge in [0, 0.05) is 4.57 Å². The van der Waals surface area contributed by atoms with Gasteiger partial charge in [-0.1, -0.05) is 19.3 Å². The van der Waals surface area contributed by atoms with Crippen molar-refractivity contribution >= 4 is 8.25 Å². The average molecular weight is 185 g/mol. The molecule has 0 atom stereocenters. The van der Waals surface area contributed by atoms with Crippen molar-refractivity contribution in [2.24, 2.45) is 0 Å². The first kappa shape index (κ1) is 22.4. The second-order valence-electron chi connectivity index (χ2n) is 1.31. The van der Waals surface area contributed by atoms with Crippen molar-refractivity contribution < 1.29 is 14.4 Å². The molecule has 0 aromatic rings. The molecule has 0 aromatic heterocycles. The normalized spacial score (nSPS) is 9.27. The molecule has 11 heavy (non-hydrogen) atoms. The van der Waals surface area contributed by atoms with Crippen LogP contribution in [0.5, 0.6) is 0 Å². The lowest BCUT2D eigenvalue weighted by atomic mass is 11.0. The summed E-state index contributed by atoms with van der Waals surface area (Å²) in [7, 11) is -2.87. The smallest absolute Gasteiger partial charge is 0.344 e. The fourth-order valence-electron chi connectivity index (χ4n) is 0. The van der Waals surface area contributed by atoms with Gasteiger partial charge in [-0.2, -0.15) is 0 Å². The summed E-state index contributed by atoms with van der Waals surface area (Å²) < 4.78 is 8.70. The lowest BCUT2D eigenvalue weighted by Gasteiger charge is -1.34. The number of hydrogen-bond donors (Lipinski definition) is 4. The molecule has 0 bridgehead atoms. The van der Waals surface area contributed by atoms with Gasteiger partial charge in [-0.15, -0.1) is 22.9 Å². The molecule has 8 N–H and O–H groups in total. The van der Waals surface area contributed by atoms with E-state index in [2.05, 4.69) is 13.2 Å². The molecule has 1 aliphatic rings. The van der Waals surface area contributed by atoms with Crippen LogP contribution in [0.25, 0.3) is 0 Å². The Kier molecular flexibility index (Phi) is 46.1. The molecule has 1 aliphatic carbocycles. The maximum Gasteiger partial charge on any atom is 0.692 e. The zero-order valence-electron chi connectivity index (χ0n) is 6.70. The molecule has 5 nitrogen and oxygen atoms in total. The van der Waals surface area contributed by atoms with E-state index in [1.54, 1.807) is 0 Å². The topological polar surface area (TPSA) is 128 Å².